The van der Waals surface area contributed by atoms with Gasteiger partial charge in [0.1, 0.15) is 29.9 Å². The molecule has 0 amide bonds. The van der Waals surface area contributed by atoms with Gasteiger partial charge in [0.25, 0.3) is 0 Å². The number of aliphatic hydroxyl groups is 3. The fourth-order valence-corrected chi connectivity index (χ4v) is 11.0. The van der Waals surface area contributed by atoms with Gasteiger partial charge >= 0.3 is 0 Å². The summed E-state index contributed by atoms with van der Waals surface area (Å²) in [5.74, 6) is 10.1. The van der Waals surface area contributed by atoms with Crippen molar-refractivity contribution in [3.05, 3.63) is 87.3 Å². The van der Waals surface area contributed by atoms with Crippen molar-refractivity contribution in [2.45, 2.75) is 114 Å². The summed E-state index contributed by atoms with van der Waals surface area (Å²) in [5, 5.41) is 44.8. The van der Waals surface area contributed by atoms with Crippen molar-refractivity contribution in [3.8, 4) is 41.1 Å². The summed E-state index contributed by atoms with van der Waals surface area (Å²) in [7, 11) is 0. The summed E-state index contributed by atoms with van der Waals surface area (Å²) in [5.41, 5.74) is 13.6. The first-order valence-corrected chi connectivity index (χ1v) is 21.2. The summed E-state index contributed by atoms with van der Waals surface area (Å²) in [6.45, 7) is 2.54. The van der Waals surface area contributed by atoms with E-state index in [9.17, 15) is 25.2 Å². The maximum absolute atomic E-state index is 13.2. The Morgan fingerprint density at radius 2 is 1.92 bits per heavy atom. The fraction of sp³-hybridized carbons (Fsp3) is 0.479. The number of nitrogens with two attached hydrogens (primary N) is 1. The Morgan fingerprint density at radius 1 is 1.08 bits per heavy atom. The van der Waals surface area contributed by atoms with Gasteiger partial charge in [-0.05, 0) is 83.9 Å². The number of phenols is 1. The van der Waals surface area contributed by atoms with Crippen LogP contribution in [-0.4, -0.2) is 68.5 Å². The highest BCUT2D eigenvalue weighted by atomic mass is 16.5. The molecule has 0 saturated heterocycles. The largest absolute Gasteiger partial charge is 0.508 e. The van der Waals surface area contributed by atoms with Crippen LogP contribution in [0.25, 0.3) is 0 Å². The Kier molecular flexibility index (Phi) is 9.57. The molecule has 5 aliphatic heterocycles. The van der Waals surface area contributed by atoms with Crippen molar-refractivity contribution in [3.63, 3.8) is 0 Å². The Hall–Kier alpha value is -5.17. The van der Waals surface area contributed by atoms with E-state index in [1.54, 1.807) is 6.07 Å². The molecule has 11 nitrogen and oxygen atoms in total. The number of aliphatic hydroxyl groups excluding tert-OH is 3. The first-order chi connectivity index (χ1) is 28.6. The molecule has 0 radical (unpaired) electrons. The van der Waals surface area contributed by atoms with Gasteiger partial charge in [-0.15, -0.1) is 0 Å². The molecule has 6 N–H and O–H groups in total. The topological polar surface area (TPSA) is 170 Å². The maximum atomic E-state index is 13.2. The van der Waals surface area contributed by atoms with Crippen LogP contribution >= 0.6 is 0 Å². The SMILES string of the molecule is CC1C=CC(C(O)CC(=O)CCc2cc3c(cc2O)OC#CC2(CCCC2)C2C#CC(O)c4ccc5c6c4C(CCC6C=NC5N)C4=C5CN(C=C5N=C4)C2O3)C(O)C1. The van der Waals surface area contributed by atoms with E-state index >= 15 is 0 Å². The number of benzene rings is 2. The summed E-state index contributed by atoms with van der Waals surface area (Å²) in [4.78, 5) is 24.9. The van der Waals surface area contributed by atoms with E-state index < -0.39 is 48.0 Å². The predicted octanol–water partition coefficient (Wildman–Crippen LogP) is 5.74. The Morgan fingerprint density at radius 3 is 2.75 bits per heavy atom. The molecule has 11 heteroatoms. The average Bonchev–Trinajstić information content (AvgIpc) is 3.96. The minimum atomic E-state index is -1.08. The number of aliphatic imine (C=N–C) groups is 2. The summed E-state index contributed by atoms with van der Waals surface area (Å²) in [6, 6.07) is 7.19. The third-order valence-corrected chi connectivity index (χ3v) is 14.1. The highest BCUT2D eigenvalue weighted by molar-refractivity contribution is 5.90. The molecule has 3 aliphatic carbocycles. The summed E-state index contributed by atoms with van der Waals surface area (Å²) in [6.07, 6.45) is 14.8. The smallest absolute Gasteiger partial charge is 0.187 e. The first kappa shape index (κ1) is 38.1. The van der Waals surface area contributed by atoms with Gasteiger partial charge in [-0.1, -0.05) is 61.8 Å². The van der Waals surface area contributed by atoms with Crippen LogP contribution in [0.1, 0.15) is 117 Å². The van der Waals surface area contributed by atoms with Crippen LogP contribution in [0.5, 0.6) is 17.2 Å². The maximum Gasteiger partial charge on any atom is 0.187 e. The molecule has 2 aromatic carbocycles. The zero-order chi connectivity index (χ0) is 40.6. The van der Waals surface area contributed by atoms with E-state index in [2.05, 4.69) is 40.0 Å². The van der Waals surface area contributed by atoms with Gasteiger partial charge in [-0.2, -0.15) is 0 Å². The number of ketones is 1. The molecule has 10 unspecified atom stereocenters. The number of ether oxygens (including phenoxy) is 2. The lowest BCUT2D eigenvalue weighted by Crippen LogP contribution is -2.47. The lowest BCUT2D eigenvalue weighted by molar-refractivity contribution is -0.122. The number of fused-ring (bicyclic) bond motifs is 6. The predicted molar refractivity (Wildman–Crippen MR) is 221 cm³/mol. The first-order valence-electron chi connectivity index (χ1n) is 21.2. The van der Waals surface area contributed by atoms with Crippen LogP contribution in [0, 0.1) is 47.0 Å². The van der Waals surface area contributed by atoms with Gasteiger partial charge in [0, 0.05) is 67.4 Å². The number of Topliss-reactive ketones (excluding diaryl/α,β-unsaturated/α-hetero) is 1. The third-order valence-electron chi connectivity index (χ3n) is 14.1. The molecule has 1 fully saturated rings. The van der Waals surface area contributed by atoms with E-state index in [0.29, 0.717) is 24.3 Å². The average molecular weight is 795 g/mol. The Labute approximate surface area is 344 Å². The molecule has 10 rings (SSSR count). The van der Waals surface area contributed by atoms with Crippen molar-refractivity contribution in [1.82, 2.24) is 4.90 Å². The van der Waals surface area contributed by atoms with E-state index in [1.807, 2.05) is 43.6 Å². The van der Waals surface area contributed by atoms with E-state index in [1.165, 1.54) is 6.07 Å². The zero-order valence-electron chi connectivity index (χ0n) is 33.2. The second-order valence-electron chi connectivity index (χ2n) is 17.8. The molecule has 10 atom stereocenters. The van der Waals surface area contributed by atoms with E-state index in [-0.39, 0.29) is 54.3 Å². The van der Waals surface area contributed by atoms with Crippen molar-refractivity contribution in [2.24, 2.45) is 38.9 Å². The Bertz CT molecular complexity index is 2390. The number of aryl methyl sites for hydroxylation is 1. The van der Waals surface area contributed by atoms with E-state index in [0.717, 1.165) is 77.6 Å². The molecular weight excluding hydrogens is 745 g/mol. The molecule has 8 aliphatic rings. The minimum Gasteiger partial charge on any atom is -0.508 e. The molecule has 1 saturated carbocycles. The number of nitrogens with zero attached hydrogens (tertiary/aromatic N) is 3. The molecule has 2 bridgehead atoms. The second kappa shape index (κ2) is 14.8. The molecule has 1 spiro atoms. The van der Waals surface area contributed by atoms with Gasteiger partial charge < -0.3 is 40.5 Å². The molecular formula is C48H50N4O7. The lowest BCUT2D eigenvalue weighted by Gasteiger charge is -2.40. The number of aromatic hydroxyl groups is 1. The van der Waals surface area contributed by atoms with Crippen LogP contribution in [0.2, 0.25) is 0 Å². The van der Waals surface area contributed by atoms with Crippen LogP contribution in [0.15, 0.2) is 69.4 Å². The van der Waals surface area contributed by atoms with Crippen molar-refractivity contribution in [2.75, 3.05) is 6.54 Å². The number of hydrogen-bond acceptors (Lipinski definition) is 11. The number of phenolic OH excluding ortho intramolecular Hbond substituents is 1. The van der Waals surface area contributed by atoms with Crippen molar-refractivity contribution in [1.29, 1.82) is 0 Å². The van der Waals surface area contributed by atoms with Gasteiger partial charge in [-0.3, -0.25) is 14.8 Å². The van der Waals surface area contributed by atoms with Crippen molar-refractivity contribution < 1.29 is 34.7 Å². The second-order valence-corrected chi connectivity index (χ2v) is 17.8. The normalized spacial score (nSPS) is 31.9. The van der Waals surface area contributed by atoms with Crippen molar-refractivity contribution >= 4 is 18.2 Å². The number of carbonyl (C=O) groups excluding carboxylic acids is 1. The highest BCUT2D eigenvalue weighted by Gasteiger charge is 2.49. The third kappa shape index (κ3) is 6.60. The van der Waals surface area contributed by atoms with Crippen LogP contribution in [0.4, 0.5) is 0 Å². The molecule has 59 heavy (non-hydrogen) atoms. The molecule has 0 aromatic heterocycles. The number of hydrogen-bond donors (Lipinski definition) is 5. The van der Waals surface area contributed by atoms with Crippen LogP contribution in [-0.2, 0) is 11.2 Å². The lowest BCUT2D eigenvalue weighted by atomic mass is 9.68. The zero-order valence-corrected chi connectivity index (χ0v) is 33.2. The van der Waals surface area contributed by atoms with Gasteiger partial charge in [0.2, 0.25) is 0 Å². The minimum absolute atomic E-state index is 0.00366. The summed E-state index contributed by atoms with van der Waals surface area (Å²) < 4.78 is 13.2. The molecule has 2 aromatic rings. The quantitative estimate of drug-likeness (QED) is 0.181. The van der Waals surface area contributed by atoms with Gasteiger partial charge in [0.15, 0.2) is 17.7 Å². The number of carbonyl (C=O) groups is 1. The van der Waals surface area contributed by atoms with E-state index in [4.69, 9.17) is 20.2 Å². The van der Waals surface area contributed by atoms with Gasteiger partial charge in [0.05, 0.1) is 29.2 Å². The van der Waals surface area contributed by atoms with Crippen LogP contribution in [0.3, 0.4) is 0 Å². The Balaban J connectivity index is 1.02. The fourth-order valence-electron chi connectivity index (χ4n) is 11.0. The monoisotopic (exact) mass is 794 g/mol. The van der Waals surface area contributed by atoms with Gasteiger partial charge in [-0.25, -0.2) is 0 Å². The highest BCUT2D eigenvalue weighted by Crippen LogP contribution is 2.53. The number of rotatable bonds is 6. The standard InChI is InChI=1S/C48H50N4O7/c1-26-4-8-31(40(56)18-26)41(57)20-29(53)7-5-27-19-43-42(21-39(27)55)58-17-16-48(14-2-3-15-48)36-12-13-38(54)32-10-11-33-44-28(22-51-46(33)49)6-9-30(45(32)44)34-23-50-37-25-52(24-35(34)37)47(36)59-43/h4,8,10-11,19,21-23,25-26,28,30-31,36,38,40-41,46-47,54-57H,2-3,5-7,9,14-15,18,20,24,49H2,1H3. The van der Waals surface area contributed by atoms with Crippen LogP contribution < -0.4 is 15.2 Å². The summed E-state index contributed by atoms with van der Waals surface area (Å²) >= 11 is 0. The number of allylic oxidation sites excluding steroid dienone is 2. The molecule has 5 heterocycles. The molecule has 304 valence electrons.